The molecule has 0 amide bonds. The van der Waals surface area contributed by atoms with E-state index in [4.69, 9.17) is 21.3 Å². The van der Waals surface area contributed by atoms with Gasteiger partial charge < -0.3 is 9.73 Å². The molecule has 0 saturated carbocycles. The maximum Gasteiger partial charge on any atom is 0.105 e. The molecule has 0 spiro atoms. The van der Waals surface area contributed by atoms with E-state index in [-0.39, 0.29) is 6.04 Å². The molecule has 0 aliphatic carbocycles. The Balaban J connectivity index is 2.03. The van der Waals surface area contributed by atoms with Crippen molar-refractivity contribution in [3.05, 3.63) is 52.9 Å². The number of halogens is 1. The molecule has 0 saturated heterocycles. The first-order valence-electron chi connectivity index (χ1n) is 5.67. The second-order valence-electron chi connectivity index (χ2n) is 4.14. The SMILES string of the molecule is CC(Cc1ccco1)Nc1ccc(C#N)cc1Cl. The van der Waals surface area contributed by atoms with Gasteiger partial charge in [-0.3, -0.25) is 0 Å². The van der Waals surface area contributed by atoms with Crippen molar-refractivity contribution < 1.29 is 4.42 Å². The minimum atomic E-state index is 0.196. The fourth-order valence-corrected chi connectivity index (χ4v) is 1.98. The summed E-state index contributed by atoms with van der Waals surface area (Å²) in [4.78, 5) is 0. The molecule has 2 rings (SSSR count). The molecular formula is C14H13ClN2O. The number of hydrogen-bond acceptors (Lipinski definition) is 3. The summed E-state index contributed by atoms with van der Waals surface area (Å²) in [6, 6.07) is 11.3. The van der Waals surface area contributed by atoms with Crippen molar-refractivity contribution in [2.24, 2.45) is 0 Å². The van der Waals surface area contributed by atoms with Crippen LogP contribution in [0.2, 0.25) is 5.02 Å². The molecule has 0 fully saturated rings. The molecule has 0 radical (unpaired) electrons. The Hall–Kier alpha value is -1.92. The lowest BCUT2D eigenvalue weighted by molar-refractivity contribution is 0.498. The molecule has 1 aromatic heterocycles. The summed E-state index contributed by atoms with van der Waals surface area (Å²) < 4.78 is 5.29. The lowest BCUT2D eigenvalue weighted by atomic mass is 10.1. The van der Waals surface area contributed by atoms with Crippen LogP contribution in [-0.4, -0.2) is 6.04 Å². The smallest absolute Gasteiger partial charge is 0.105 e. The normalized spacial score (nSPS) is 11.8. The van der Waals surface area contributed by atoms with Crippen LogP contribution in [0.25, 0.3) is 0 Å². The van der Waals surface area contributed by atoms with Gasteiger partial charge in [0.05, 0.1) is 28.6 Å². The fourth-order valence-electron chi connectivity index (χ4n) is 1.75. The minimum absolute atomic E-state index is 0.196. The van der Waals surface area contributed by atoms with Crippen molar-refractivity contribution >= 4 is 17.3 Å². The van der Waals surface area contributed by atoms with Crippen LogP contribution in [0.1, 0.15) is 18.2 Å². The second-order valence-corrected chi connectivity index (χ2v) is 4.54. The Labute approximate surface area is 111 Å². The van der Waals surface area contributed by atoms with Gasteiger partial charge >= 0.3 is 0 Å². The third kappa shape index (κ3) is 3.06. The molecule has 0 bridgehead atoms. The van der Waals surface area contributed by atoms with Crippen LogP contribution in [0.5, 0.6) is 0 Å². The molecule has 3 nitrogen and oxygen atoms in total. The van der Waals surface area contributed by atoms with Crippen molar-refractivity contribution in [2.75, 3.05) is 5.32 Å². The van der Waals surface area contributed by atoms with E-state index in [1.165, 1.54) is 0 Å². The van der Waals surface area contributed by atoms with Crippen LogP contribution in [-0.2, 0) is 6.42 Å². The summed E-state index contributed by atoms with van der Waals surface area (Å²) in [5.41, 5.74) is 1.39. The molecule has 1 atom stereocenters. The van der Waals surface area contributed by atoms with E-state index in [9.17, 15) is 0 Å². The average molecular weight is 261 g/mol. The van der Waals surface area contributed by atoms with Gasteiger partial charge in [0.2, 0.25) is 0 Å². The summed E-state index contributed by atoms with van der Waals surface area (Å²) in [5.74, 6) is 0.930. The quantitative estimate of drug-likeness (QED) is 0.908. The molecule has 4 heteroatoms. The molecule has 0 aliphatic heterocycles. The van der Waals surface area contributed by atoms with Gasteiger partial charge in [-0.2, -0.15) is 5.26 Å². The summed E-state index contributed by atoms with van der Waals surface area (Å²) in [6.07, 6.45) is 2.44. The highest BCUT2D eigenvalue weighted by Crippen LogP contribution is 2.24. The van der Waals surface area contributed by atoms with Gasteiger partial charge in [-0.05, 0) is 37.3 Å². The number of furan rings is 1. The number of nitriles is 1. The number of nitrogens with one attached hydrogen (secondary N) is 1. The van der Waals surface area contributed by atoms with E-state index < -0.39 is 0 Å². The van der Waals surface area contributed by atoms with Crippen molar-refractivity contribution in [1.29, 1.82) is 5.26 Å². The molecule has 1 unspecified atom stereocenters. The predicted octanol–water partition coefficient (Wildman–Crippen LogP) is 3.85. The third-order valence-corrected chi connectivity index (χ3v) is 2.90. The summed E-state index contributed by atoms with van der Waals surface area (Å²) in [5, 5.41) is 12.6. The van der Waals surface area contributed by atoms with Crippen LogP contribution in [0.15, 0.2) is 41.0 Å². The Morgan fingerprint density at radius 2 is 2.28 bits per heavy atom. The fraction of sp³-hybridized carbons (Fsp3) is 0.214. The first kappa shape index (κ1) is 12.5. The largest absolute Gasteiger partial charge is 0.469 e. The van der Waals surface area contributed by atoms with Gasteiger partial charge in [-0.25, -0.2) is 0 Å². The minimum Gasteiger partial charge on any atom is -0.469 e. The van der Waals surface area contributed by atoms with Crippen molar-refractivity contribution in [1.82, 2.24) is 0 Å². The van der Waals surface area contributed by atoms with E-state index in [1.54, 1.807) is 18.4 Å². The van der Waals surface area contributed by atoms with Crippen LogP contribution >= 0.6 is 11.6 Å². The maximum absolute atomic E-state index is 8.76. The van der Waals surface area contributed by atoms with E-state index in [0.717, 1.165) is 17.9 Å². The van der Waals surface area contributed by atoms with Gasteiger partial charge in [0.1, 0.15) is 5.76 Å². The maximum atomic E-state index is 8.76. The Morgan fingerprint density at radius 1 is 1.44 bits per heavy atom. The first-order chi connectivity index (χ1) is 8.69. The topological polar surface area (TPSA) is 49.0 Å². The third-order valence-electron chi connectivity index (χ3n) is 2.59. The van der Waals surface area contributed by atoms with Crippen molar-refractivity contribution in [3.63, 3.8) is 0 Å². The van der Waals surface area contributed by atoms with Crippen molar-refractivity contribution in [3.8, 4) is 6.07 Å². The highest BCUT2D eigenvalue weighted by atomic mass is 35.5. The molecule has 1 N–H and O–H groups in total. The number of hydrogen-bond donors (Lipinski definition) is 1. The van der Waals surface area contributed by atoms with Crippen LogP contribution in [0.3, 0.4) is 0 Å². The molecule has 1 aromatic carbocycles. The summed E-state index contributed by atoms with van der Waals surface area (Å²) in [6.45, 7) is 2.05. The average Bonchev–Trinajstić information content (AvgIpc) is 2.84. The number of rotatable bonds is 4. The van der Waals surface area contributed by atoms with Gasteiger partial charge in [0.25, 0.3) is 0 Å². The van der Waals surface area contributed by atoms with E-state index in [0.29, 0.717) is 10.6 Å². The highest BCUT2D eigenvalue weighted by molar-refractivity contribution is 6.33. The highest BCUT2D eigenvalue weighted by Gasteiger charge is 2.08. The summed E-state index contributed by atoms with van der Waals surface area (Å²) >= 11 is 6.10. The Bertz CT molecular complexity index is 558. The van der Waals surface area contributed by atoms with Gasteiger partial charge in [-0.1, -0.05) is 11.6 Å². The number of nitrogens with zero attached hydrogens (tertiary/aromatic N) is 1. The Morgan fingerprint density at radius 3 is 2.89 bits per heavy atom. The lowest BCUT2D eigenvalue weighted by Crippen LogP contribution is -2.17. The number of benzene rings is 1. The second kappa shape index (κ2) is 5.61. The van der Waals surface area contributed by atoms with E-state index in [1.807, 2.05) is 18.2 Å². The van der Waals surface area contributed by atoms with Gasteiger partial charge in [0, 0.05) is 12.5 Å². The zero-order valence-electron chi connectivity index (χ0n) is 9.98. The zero-order valence-corrected chi connectivity index (χ0v) is 10.7. The lowest BCUT2D eigenvalue weighted by Gasteiger charge is -2.15. The van der Waals surface area contributed by atoms with Gasteiger partial charge in [-0.15, -0.1) is 0 Å². The molecular weight excluding hydrogens is 248 g/mol. The monoisotopic (exact) mass is 260 g/mol. The Kier molecular flexibility index (Phi) is 3.91. The van der Waals surface area contributed by atoms with E-state index >= 15 is 0 Å². The number of anilines is 1. The molecule has 2 aromatic rings. The van der Waals surface area contributed by atoms with Crippen LogP contribution in [0.4, 0.5) is 5.69 Å². The molecule has 18 heavy (non-hydrogen) atoms. The van der Waals surface area contributed by atoms with Crippen LogP contribution < -0.4 is 5.32 Å². The molecule has 0 aliphatic rings. The summed E-state index contributed by atoms with van der Waals surface area (Å²) in [7, 11) is 0. The molecule has 1 heterocycles. The predicted molar refractivity (Wildman–Crippen MR) is 71.7 cm³/mol. The van der Waals surface area contributed by atoms with E-state index in [2.05, 4.69) is 18.3 Å². The van der Waals surface area contributed by atoms with Crippen molar-refractivity contribution in [2.45, 2.75) is 19.4 Å². The van der Waals surface area contributed by atoms with Crippen LogP contribution in [0, 0.1) is 11.3 Å². The van der Waals surface area contributed by atoms with Gasteiger partial charge in [0.15, 0.2) is 0 Å². The first-order valence-corrected chi connectivity index (χ1v) is 6.05. The molecule has 92 valence electrons. The zero-order chi connectivity index (χ0) is 13.0. The standard InChI is InChI=1S/C14H13ClN2O/c1-10(7-12-3-2-6-18-12)17-14-5-4-11(9-16)8-13(14)15/h2-6,8,10,17H,7H2,1H3.